The summed E-state index contributed by atoms with van der Waals surface area (Å²) in [5, 5.41) is 16.4. The number of halogens is 3. The fraction of sp³-hybridized carbons (Fsp3) is 0.458. The van der Waals surface area contributed by atoms with E-state index in [1.807, 2.05) is 13.8 Å². The normalized spacial score (nSPS) is 17.0. The number of carbonyl (C=O) groups excluding carboxylic acids is 1. The summed E-state index contributed by atoms with van der Waals surface area (Å²) >= 11 is 0. The summed E-state index contributed by atoms with van der Waals surface area (Å²) in [5.41, 5.74) is -0.984. The number of likely N-dealkylation sites (tertiary alicyclic amines) is 1. The molecule has 8 heteroatoms. The van der Waals surface area contributed by atoms with Gasteiger partial charge in [0.15, 0.2) is 11.6 Å². The highest BCUT2D eigenvalue weighted by atomic mass is 19.2. The number of β-amino-alcohol motifs (C(OH)–C–C–N with tert-alkyl or cyclic N) is 1. The number of rotatable bonds is 6. The summed E-state index contributed by atoms with van der Waals surface area (Å²) in [7, 11) is 0. The Balaban J connectivity index is 0.00000141. The summed E-state index contributed by atoms with van der Waals surface area (Å²) in [6.07, 6.45) is 3.34. The van der Waals surface area contributed by atoms with E-state index < -0.39 is 34.6 Å². The zero-order chi connectivity index (χ0) is 23.5. The fourth-order valence-electron chi connectivity index (χ4n) is 3.74. The van der Waals surface area contributed by atoms with Crippen molar-refractivity contribution in [1.82, 2.24) is 10.2 Å². The maximum Gasteiger partial charge on any atom is 0.256 e. The van der Waals surface area contributed by atoms with E-state index in [4.69, 9.17) is 0 Å². The van der Waals surface area contributed by atoms with Crippen LogP contribution in [0.4, 0.5) is 24.5 Å². The molecule has 5 nitrogen and oxygen atoms in total. The van der Waals surface area contributed by atoms with Crippen molar-refractivity contribution < 1.29 is 23.1 Å². The third kappa shape index (κ3) is 5.07. The van der Waals surface area contributed by atoms with Crippen molar-refractivity contribution in [3.05, 3.63) is 58.9 Å². The average molecular weight is 450 g/mol. The second-order valence-electron chi connectivity index (χ2n) is 8.29. The van der Waals surface area contributed by atoms with Gasteiger partial charge in [-0.1, -0.05) is 26.3 Å². The molecule has 0 aromatic heterocycles. The second kappa shape index (κ2) is 9.92. The zero-order valence-corrected chi connectivity index (χ0v) is 18.6. The number of nitrogens with zero attached hydrogens (tertiary/aromatic N) is 1. The predicted octanol–water partition coefficient (Wildman–Crippen LogP) is 4.51. The van der Waals surface area contributed by atoms with Crippen molar-refractivity contribution in [3.8, 4) is 0 Å². The Morgan fingerprint density at radius 1 is 1.12 bits per heavy atom. The quantitative estimate of drug-likeness (QED) is 0.607. The van der Waals surface area contributed by atoms with Crippen LogP contribution in [0.3, 0.4) is 0 Å². The van der Waals surface area contributed by atoms with Crippen LogP contribution in [0.2, 0.25) is 0 Å². The molecular formula is C24H30F3N3O2. The van der Waals surface area contributed by atoms with Crippen LogP contribution in [0.1, 0.15) is 49.0 Å². The molecule has 174 valence electrons. The Hall–Kier alpha value is -2.58. The van der Waals surface area contributed by atoms with Crippen molar-refractivity contribution in [2.24, 2.45) is 0 Å². The highest BCUT2D eigenvalue weighted by molar-refractivity contribution is 6.01. The van der Waals surface area contributed by atoms with Gasteiger partial charge in [0.25, 0.3) is 5.91 Å². The predicted molar refractivity (Wildman–Crippen MR) is 119 cm³/mol. The molecule has 1 saturated carbocycles. The summed E-state index contributed by atoms with van der Waals surface area (Å²) in [5.74, 6) is -3.61. The van der Waals surface area contributed by atoms with Crippen LogP contribution in [-0.4, -0.2) is 47.2 Å². The van der Waals surface area contributed by atoms with Gasteiger partial charge in [0.2, 0.25) is 0 Å². The Kier molecular flexibility index (Phi) is 7.46. The minimum atomic E-state index is -1.26. The topological polar surface area (TPSA) is 64.6 Å². The molecule has 2 aliphatic rings. The van der Waals surface area contributed by atoms with Gasteiger partial charge in [-0.3, -0.25) is 4.79 Å². The highest BCUT2D eigenvalue weighted by Crippen LogP contribution is 2.31. The number of nitrogens with one attached hydrogen (secondary N) is 2. The lowest BCUT2D eigenvalue weighted by Crippen LogP contribution is -2.68. The number of anilines is 2. The molecule has 3 N–H and O–H groups in total. The first-order valence-corrected chi connectivity index (χ1v) is 11.0. The van der Waals surface area contributed by atoms with Gasteiger partial charge in [-0.25, -0.2) is 13.2 Å². The first-order chi connectivity index (χ1) is 15.3. The second-order valence-corrected chi connectivity index (χ2v) is 8.29. The van der Waals surface area contributed by atoms with E-state index >= 15 is 0 Å². The molecule has 2 aromatic rings. The Morgan fingerprint density at radius 2 is 1.81 bits per heavy atom. The standard InChI is InChI=1S/C22H24F3N3O2.C2H6/c1-13-5-8-18(17(24)9-13)27-20-15(6-7-16(23)19(20)25)21(29)28-11-22(30,12-28)10-26-14-3-2-4-14;1-2/h5-9,14,26-27,30H,2-4,10-12H2,1H3;1-2H3. The van der Waals surface area contributed by atoms with Crippen LogP contribution in [0.5, 0.6) is 0 Å². The number of amides is 1. The minimum Gasteiger partial charge on any atom is -0.385 e. The van der Waals surface area contributed by atoms with Gasteiger partial charge in [-0.15, -0.1) is 0 Å². The summed E-state index contributed by atoms with van der Waals surface area (Å²) in [4.78, 5) is 14.3. The van der Waals surface area contributed by atoms with Crippen molar-refractivity contribution in [2.75, 3.05) is 25.0 Å². The largest absolute Gasteiger partial charge is 0.385 e. The maximum absolute atomic E-state index is 14.5. The molecule has 1 aliphatic carbocycles. The zero-order valence-electron chi connectivity index (χ0n) is 18.6. The van der Waals surface area contributed by atoms with Crippen molar-refractivity contribution >= 4 is 17.3 Å². The lowest BCUT2D eigenvalue weighted by Gasteiger charge is -2.47. The molecule has 32 heavy (non-hydrogen) atoms. The lowest BCUT2D eigenvalue weighted by atomic mass is 9.89. The third-order valence-electron chi connectivity index (χ3n) is 5.79. The first-order valence-electron chi connectivity index (χ1n) is 11.0. The summed E-state index contributed by atoms with van der Waals surface area (Å²) in [6, 6.07) is 6.71. The first kappa shape index (κ1) is 24.1. The van der Waals surface area contributed by atoms with Gasteiger partial charge in [0.05, 0.1) is 30.0 Å². The van der Waals surface area contributed by atoms with Gasteiger partial charge in [-0.05, 0) is 49.6 Å². The van der Waals surface area contributed by atoms with Crippen molar-refractivity contribution in [2.45, 2.75) is 51.7 Å². The summed E-state index contributed by atoms with van der Waals surface area (Å²) < 4.78 is 42.6. The molecule has 0 atom stereocenters. The van der Waals surface area contributed by atoms with Crippen molar-refractivity contribution in [3.63, 3.8) is 0 Å². The number of carbonyl (C=O) groups is 1. The molecule has 1 heterocycles. The van der Waals surface area contributed by atoms with E-state index in [0.717, 1.165) is 18.9 Å². The monoisotopic (exact) mass is 449 g/mol. The van der Waals surface area contributed by atoms with Gasteiger partial charge >= 0.3 is 0 Å². The van der Waals surface area contributed by atoms with Gasteiger partial charge in [0, 0.05) is 12.6 Å². The molecule has 0 radical (unpaired) electrons. The average Bonchev–Trinajstić information content (AvgIpc) is 2.71. The SMILES string of the molecule is CC.Cc1ccc(Nc2c(C(=O)N3CC(O)(CNC4CCC4)C3)ccc(F)c2F)c(F)c1. The molecule has 4 rings (SSSR count). The van der Waals surface area contributed by atoms with Crippen LogP contribution in [0, 0.1) is 24.4 Å². The van der Waals surface area contributed by atoms with Crippen LogP contribution >= 0.6 is 0 Å². The van der Waals surface area contributed by atoms with Crippen LogP contribution in [-0.2, 0) is 0 Å². The van der Waals surface area contributed by atoms with E-state index in [1.54, 1.807) is 13.0 Å². The van der Waals surface area contributed by atoms with E-state index in [-0.39, 0.29) is 24.3 Å². The third-order valence-corrected chi connectivity index (χ3v) is 5.79. The molecule has 2 fully saturated rings. The fourth-order valence-corrected chi connectivity index (χ4v) is 3.74. The molecular weight excluding hydrogens is 419 g/mol. The number of benzene rings is 2. The summed E-state index contributed by atoms with van der Waals surface area (Å²) in [6.45, 7) is 6.25. The molecule has 0 unspecified atom stereocenters. The van der Waals surface area contributed by atoms with Gasteiger partial charge in [-0.2, -0.15) is 0 Å². The Morgan fingerprint density at radius 3 is 2.41 bits per heavy atom. The Labute approximate surface area is 186 Å². The lowest BCUT2D eigenvalue weighted by molar-refractivity contribution is -0.0808. The van der Waals surface area contributed by atoms with E-state index in [2.05, 4.69) is 10.6 Å². The number of aliphatic hydroxyl groups is 1. The number of hydrogen-bond donors (Lipinski definition) is 3. The highest BCUT2D eigenvalue weighted by Gasteiger charge is 2.44. The van der Waals surface area contributed by atoms with Gasteiger partial charge < -0.3 is 20.6 Å². The molecule has 0 bridgehead atoms. The van der Waals surface area contributed by atoms with Crippen LogP contribution < -0.4 is 10.6 Å². The number of hydrogen-bond acceptors (Lipinski definition) is 4. The smallest absolute Gasteiger partial charge is 0.256 e. The molecule has 1 amide bonds. The number of aryl methyl sites for hydroxylation is 1. The maximum atomic E-state index is 14.5. The van der Waals surface area contributed by atoms with E-state index in [1.165, 1.54) is 29.5 Å². The van der Waals surface area contributed by atoms with Crippen LogP contribution in [0.15, 0.2) is 30.3 Å². The Bertz CT molecular complexity index is 973. The minimum absolute atomic E-state index is 0.0658. The van der Waals surface area contributed by atoms with Gasteiger partial charge in [0.1, 0.15) is 11.4 Å². The molecule has 0 spiro atoms. The molecule has 1 aliphatic heterocycles. The molecule has 1 saturated heterocycles. The van der Waals surface area contributed by atoms with E-state index in [0.29, 0.717) is 18.2 Å². The van der Waals surface area contributed by atoms with E-state index in [9.17, 15) is 23.1 Å². The molecule has 2 aromatic carbocycles. The van der Waals surface area contributed by atoms with Crippen LogP contribution in [0.25, 0.3) is 0 Å². The van der Waals surface area contributed by atoms with Crippen molar-refractivity contribution in [1.29, 1.82) is 0 Å².